The van der Waals surface area contributed by atoms with E-state index >= 15 is 0 Å². The van der Waals surface area contributed by atoms with Crippen LogP contribution in [-0.2, 0) is 9.53 Å². The zero-order valence-electron chi connectivity index (χ0n) is 14.4. The smallest absolute Gasteiger partial charge is 0.309 e. The zero-order chi connectivity index (χ0) is 18.7. The second-order valence-corrected chi connectivity index (χ2v) is 6.18. The molecule has 0 spiro atoms. The number of pyridine rings is 1. The van der Waals surface area contributed by atoms with Crippen molar-refractivity contribution in [3.05, 3.63) is 42.0 Å². The van der Waals surface area contributed by atoms with Gasteiger partial charge in [-0.1, -0.05) is 6.07 Å². The van der Waals surface area contributed by atoms with Crippen molar-refractivity contribution >= 4 is 11.8 Å². The van der Waals surface area contributed by atoms with Gasteiger partial charge in [-0.15, -0.1) is 0 Å². The third kappa shape index (κ3) is 3.76. The molecule has 0 aliphatic carbocycles. The van der Waals surface area contributed by atoms with Crippen molar-refractivity contribution in [3.63, 3.8) is 0 Å². The van der Waals surface area contributed by atoms with Crippen LogP contribution in [0.3, 0.4) is 0 Å². The fraction of sp³-hybridized carbons (Fsp3) is 0.368. The molecule has 0 amide bonds. The van der Waals surface area contributed by atoms with E-state index in [4.69, 9.17) is 4.74 Å². The Hall–Kier alpha value is -2.70. The van der Waals surface area contributed by atoms with E-state index < -0.39 is 17.4 Å². The molecule has 7 heteroatoms. The molecule has 0 unspecified atom stereocenters. The molecule has 0 saturated carbocycles. The number of rotatable bonds is 4. The first kappa shape index (κ1) is 18.1. The summed E-state index contributed by atoms with van der Waals surface area (Å²) in [6, 6.07) is 6.78. The Morgan fingerprint density at radius 1 is 1.31 bits per heavy atom. The standard InChI is InChI=1S/C19H20F2N2O3/c1-2-26-19(25)12-6-8-23(9-7-12)17-5-3-4-16(22-17)14-10-13(20)11-15(21)18(14)24/h3-5,10-12,24H,2,6-9H2,1H3. The fourth-order valence-electron chi connectivity index (χ4n) is 3.12. The average molecular weight is 362 g/mol. The maximum Gasteiger partial charge on any atom is 0.309 e. The molecule has 26 heavy (non-hydrogen) atoms. The van der Waals surface area contributed by atoms with Crippen molar-refractivity contribution in [2.24, 2.45) is 5.92 Å². The number of phenols is 1. The van der Waals surface area contributed by atoms with Crippen molar-refractivity contribution in [1.29, 1.82) is 0 Å². The molecule has 1 aliphatic rings. The SMILES string of the molecule is CCOC(=O)C1CCN(c2cccc(-c3cc(F)cc(F)c3O)n2)CC1. The Kier molecular flexibility index (Phi) is 5.35. The molecule has 1 fully saturated rings. The minimum absolute atomic E-state index is 0.00533. The topological polar surface area (TPSA) is 62.7 Å². The van der Waals surface area contributed by atoms with Gasteiger partial charge in [0.05, 0.1) is 18.2 Å². The Bertz CT molecular complexity index is 805. The predicted molar refractivity (Wildman–Crippen MR) is 92.8 cm³/mol. The first-order chi connectivity index (χ1) is 12.5. The highest BCUT2D eigenvalue weighted by Crippen LogP contribution is 2.32. The quantitative estimate of drug-likeness (QED) is 0.844. The van der Waals surface area contributed by atoms with Crippen LogP contribution in [0, 0.1) is 17.6 Å². The van der Waals surface area contributed by atoms with Crippen LogP contribution in [0.5, 0.6) is 5.75 Å². The molecule has 2 heterocycles. The van der Waals surface area contributed by atoms with Crippen molar-refractivity contribution < 1.29 is 23.4 Å². The summed E-state index contributed by atoms with van der Waals surface area (Å²) in [5, 5.41) is 9.88. The number of phenolic OH excluding ortho intramolecular Hbond substituents is 1. The number of nitrogens with zero attached hydrogens (tertiary/aromatic N) is 2. The monoisotopic (exact) mass is 362 g/mol. The number of aromatic nitrogens is 1. The minimum Gasteiger partial charge on any atom is -0.504 e. The molecule has 0 radical (unpaired) electrons. The van der Waals surface area contributed by atoms with Crippen molar-refractivity contribution in [2.45, 2.75) is 19.8 Å². The summed E-state index contributed by atoms with van der Waals surface area (Å²) in [6.07, 6.45) is 1.31. The lowest BCUT2D eigenvalue weighted by Crippen LogP contribution is -2.37. The number of aromatic hydroxyl groups is 1. The highest BCUT2D eigenvalue weighted by Gasteiger charge is 2.26. The third-order valence-corrected chi connectivity index (χ3v) is 4.48. The summed E-state index contributed by atoms with van der Waals surface area (Å²) >= 11 is 0. The van der Waals surface area contributed by atoms with Crippen molar-refractivity contribution in [3.8, 4) is 17.0 Å². The van der Waals surface area contributed by atoms with E-state index in [2.05, 4.69) is 4.98 Å². The predicted octanol–water partition coefficient (Wildman–Crippen LogP) is 3.51. The lowest BCUT2D eigenvalue weighted by molar-refractivity contribution is -0.148. The normalized spacial score (nSPS) is 15.1. The van der Waals surface area contributed by atoms with Gasteiger partial charge < -0.3 is 14.7 Å². The van der Waals surface area contributed by atoms with Gasteiger partial charge >= 0.3 is 5.97 Å². The number of anilines is 1. The van der Waals surface area contributed by atoms with Gasteiger partial charge in [0.1, 0.15) is 11.6 Å². The Morgan fingerprint density at radius 2 is 2.04 bits per heavy atom. The van der Waals surface area contributed by atoms with Crippen LogP contribution in [0.4, 0.5) is 14.6 Å². The van der Waals surface area contributed by atoms with Gasteiger partial charge in [-0.2, -0.15) is 0 Å². The molecule has 3 rings (SSSR count). The number of ether oxygens (including phenoxy) is 1. The molecule has 1 aromatic heterocycles. The van der Waals surface area contributed by atoms with E-state index in [1.165, 1.54) is 0 Å². The molecule has 138 valence electrons. The van der Waals surface area contributed by atoms with Crippen LogP contribution in [0.25, 0.3) is 11.3 Å². The number of hydrogen-bond donors (Lipinski definition) is 1. The summed E-state index contributed by atoms with van der Waals surface area (Å²) in [4.78, 5) is 18.3. The fourth-order valence-corrected chi connectivity index (χ4v) is 3.12. The summed E-state index contributed by atoms with van der Waals surface area (Å²) in [6.45, 7) is 3.41. The Balaban J connectivity index is 1.78. The lowest BCUT2D eigenvalue weighted by atomic mass is 9.97. The van der Waals surface area contributed by atoms with Gasteiger partial charge in [0, 0.05) is 24.7 Å². The summed E-state index contributed by atoms with van der Waals surface area (Å²) < 4.78 is 32.2. The maximum absolute atomic E-state index is 13.6. The van der Waals surface area contributed by atoms with Gasteiger partial charge in [-0.05, 0) is 38.0 Å². The van der Waals surface area contributed by atoms with Gasteiger partial charge in [-0.3, -0.25) is 4.79 Å². The van der Waals surface area contributed by atoms with Crippen LogP contribution in [0.2, 0.25) is 0 Å². The minimum atomic E-state index is -1.03. The maximum atomic E-state index is 13.6. The van der Waals surface area contributed by atoms with E-state index in [-0.39, 0.29) is 23.1 Å². The molecule has 0 atom stereocenters. The highest BCUT2D eigenvalue weighted by atomic mass is 19.1. The lowest BCUT2D eigenvalue weighted by Gasteiger charge is -2.31. The second kappa shape index (κ2) is 7.68. The number of benzene rings is 1. The van der Waals surface area contributed by atoms with E-state index in [0.717, 1.165) is 6.07 Å². The van der Waals surface area contributed by atoms with Crippen LogP contribution in [0.15, 0.2) is 30.3 Å². The van der Waals surface area contributed by atoms with Crippen LogP contribution < -0.4 is 4.90 Å². The summed E-state index contributed by atoms with van der Waals surface area (Å²) in [5.41, 5.74) is 0.289. The molecule has 2 aromatic rings. The highest BCUT2D eigenvalue weighted by molar-refractivity contribution is 5.73. The van der Waals surface area contributed by atoms with E-state index in [9.17, 15) is 18.7 Å². The first-order valence-electron chi connectivity index (χ1n) is 8.56. The van der Waals surface area contributed by atoms with Gasteiger partial charge in [-0.25, -0.2) is 13.8 Å². The molecule has 1 saturated heterocycles. The molecular formula is C19H20F2N2O3. The third-order valence-electron chi connectivity index (χ3n) is 4.48. The van der Waals surface area contributed by atoms with E-state index in [1.54, 1.807) is 25.1 Å². The number of esters is 1. The second-order valence-electron chi connectivity index (χ2n) is 6.18. The Morgan fingerprint density at radius 3 is 2.73 bits per heavy atom. The largest absolute Gasteiger partial charge is 0.504 e. The zero-order valence-corrected chi connectivity index (χ0v) is 14.4. The van der Waals surface area contributed by atoms with Gasteiger partial charge in [0.2, 0.25) is 0 Å². The van der Waals surface area contributed by atoms with Gasteiger partial charge in [0.25, 0.3) is 0 Å². The van der Waals surface area contributed by atoms with E-state index in [1.807, 2.05) is 4.90 Å². The number of hydrogen-bond acceptors (Lipinski definition) is 5. The van der Waals surface area contributed by atoms with Crippen molar-refractivity contribution in [2.75, 3.05) is 24.6 Å². The molecule has 5 nitrogen and oxygen atoms in total. The van der Waals surface area contributed by atoms with E-state index in [0.29, 0.717) is 44.4 Å². The number of carbonyl (C=O) groups is 1. The van der Waals surface area contributed by atoms with Crippen molar-refractivity contribution in [1.82, 2.24) is 4.98 Å². The molecule has 1 aliphatic heterocycles. The average Bonchev–Trinajstić information content (AvgIpc) is 2.65. The number of carbonyl (C=O) groups excluding carboxylic acids is 1. The molecule has 1 N–H and O–H groups in total. The van der Waals surface area contributed by atoms with Crippen LogP contribution in [0.1, 0.15) is 19.8 Å². The van der Waals surface area contributed by atoms with Gasteiger partial charge in [0.15, 0.2) is 11.6 Å². The summed E-state index contributed by atoms with van der Waals surface area (Å²) in [5.74, 6) is -2.09. The van der Waals surface area contributed by atoms with Crippen LogP contribution in [-0.4, -0.2) is 35.8 Å². The van der Waals surface area contributed by atoms with Crippen LogP contribution >= 0.6 is 0 Å². The molecule has 1 aromatic carbocycles. The molecule has 0 bridgehead atoms. The number of halogens is 2. The molecular weight excluding hydrogens is 342 g/mol. The first-order valence-corrected chi connectivity index (χ1v) is 8.56. The number of piperidine rings is 1. The Labute approximate surface area is 150 Å². The summed E-state index contributed by atoms with van der Waals surface area (Å²) in [7, 11) is 0.